The molecule has 1 N–H and O–H groups in total. The summed E-state index contributed by atoms with van der Waals surface area (Å²) in [5.41, 5.74) is 1.66. The van der Waals surface area contributed by atoms with Gasteiger partial charge in [0.1, 0.15) is 24.7 Å². The number of aliphatic carboxylic acids is 1. The molecule has 25 heavy (non-hydrogen) atoms. The van der Waals surface area contributed by atoms with Crippen molar-refractivity contribution in [2.75, 3.05) is 13.2 Å². The van der Waals surface area contributed by atoms with Gasteiger partial charge < -0.3 is 14.6 Å². The van der Waals surface area contributed by atoms with Crippen LogP contribution in [-0.4, -0.2) is 24.3 Å². The van der Waals surface area contributed by atoms with E-state index in [1.807, 2.05) is 30.3 Å². The Bertz CT molecular complexity index is 768. The van der Waals surface area contributed by atoms with Crippen LogP contribution in [0.3, 0.4) is 0 Å². The predicted molar refractivity (Wildman–Crippen MR) is 99.5 cm³/mol. The fourth-order valence-electron chi connectivity index (χ4n) is 2.21. The lowest BCUT2D eigenvalue weighted by atomic mass is 10.1. The number of carboxylic acid groups (broad SMARTS) is 1. The molecule has 0 saturated carbocycles. The molecule has 130 valence electrons. The summed E-state index contributed by atoms with van der Waals surface area (Å²) < 4.78 is 11.5. The Kier molecular flexibility index (Phi) is 7.11. The molecule has 0 aromatic heterocycles. The van der Waals surface area contributed by atoms with Gasteiger partial charge in [-0.3, -0.25) is 0 Å². The molecule has 4 nitrogen and oxygen atoms in total. The topological polar surface area (TPSA) is 55.8 Å². The largest absolute Gasteiger partial charge is 0.490 e. The first-order chi connectivity index (χ1) is 12.1. The minimum Gasteiger partial charge on any atom is -0.490 e. The molecular weight excluding hydrogens is 340 g/mol. The van der Waals surface area contributed by atoms with E-state index in [0.29, 0.717) is 29.5 Å². The van der Waals surface area contributed by atoms with E-state index in [-0.39, 0.29) is 0 Å². The van der Waals surface area contributed by atoms with Crippen molar-refractivity contribution in [2.45, 2.75) is 6.42 Å². The SMILES string of the molecule is C=CCc1ccccc1OCCOc1ccc(Cl)cc1C=CC(=O)O. The van der Waals surface area contributed by atoms with Gasteiger partial charge in [-0.15, -0.1) is 6.58 Å². The molecule has 0 unspecified atom stereocenters. The van der Waals surface area contributed by atoms with Crippen LogP contribution in [0.4, 0.5) is 0 Å². The fourth-order valence-corrected chi connectivity index (χ4v) is 2.39. The Morgan fingerprint density at radius 2 is 1.84 bits per heavy atom. The Morgan fingerprint density at radius 1 is 1.12 bits per heavy atom. The van der Waals surface area contributed by atoms with Gasteiger partial charge in [-0.2, -0.15) is 0 Å². The van der Waals surface area contributed by atoms with Gasteiger partial charge in [0.25, 0.3) is 0 Å². The summed E-state index contributed by atoms with van der Waals surface area (Å²) in [5.74, 6) is 0.311. The Labute approximate surface area is 152 Å². The fraction of sp³-hybridized carbons (Fsp3) is 0.150. The number of carbonyl (C=O) groups is 1. The quantitative estimate of drug-likeness (QED) is 0.403. The van der Waals surface area contributed by atoms with Crippen molar-refractivity contribution in [3.05, 3.63) is 77.3 Å². The first-order valence-electron chi connectivity index (χ1n) is 7.75. The lowest BCUT2D eigenvalue weighted by Gasteiger charge is -2.12. The summed E-state index contributed by atoms with van der Waals surface area (Å²) in [6.45, 7) is 4.42. The van der Waals surface area contributed by atoms with Crippen LogP contribution >= 0.6 is 11.6 Å². The maximum absolute atomic E-state index is 10.7. The van der Waals surface area contributed by atoms with Gasteiger partial charge in [0, 0.05) is 16.7 Å². The highest BCUT2D eigenvalue weighted by Crippen LogP contribution is 2.24. The maximum Gasteiger partial charge on any atom is 0.328 e. The number of ether oxygens (including phenoxy) is 2. The molecule has 2 aromatic carbocycles. The minimum atomic E-state index is -1.03. The average Bonchev–Trinajstić information content (AvgIpc) is 2.59. The second-order valence-corrected chi connectivity index (χ2v) is 5.59. The molecule has 0 spiro atoms. The predicted octanol–water partition coefficient (Wildman–Crippen LogP) is 4.62. The Morgan fingerprint density at radius 3 is 2.56 bits per heavy atom. The first kappa shape index (κ1) is 18.6. The lowest BCUT2D eigenvalue weighted by Crippen LogP contribution is -2.10. The molecular formula is C20H19ClO4. The van der Waals surface area contributed by atoms with Crippen LogP contribution in [0.15, 0.2) is 61.2 Å². The van der Waals surface area contributed by atoms with Crippen LogP contribution in [0.2, 0.25) is 5.02 Å². The van der Waals surface area contributed by atoms with Crippen molar-refractivity contribution in [3.63, 3.8) is 0 Å². The third-order valence-electron chi connectivity index (χ3n) is 3.31. The molecule has 0 aliphatic carbocycles. The van der Waals surface area contributed by atoms with Gasteiger partial charge in [0.2, 0.25) is 0 Å². The monoisotopic (exact) mass is 358 g/mol. The zero-order valence-corrected chi connectivity index (χ0v) is 14.4. The van der Waals surface area contributed by atoms with E-state index in [4.69, 9.17) is 26.2 Å². The molecule has 0 atom stereocenters. The molecule has 0 radical (unpaired) electrons. The molecule has 0 amide bonds. The summed E-state index contributed by atoms with van der Waals surface area (Å²) in [7, 11) is 0. The van der Waals surface area contributed by atoms with Crippen LogP contribution in [-0.2, 0) is 11.2 Å². The molecule has 0 bridgehead atoms. The van der Waals surface area contributed by atoms with E-state index >= 15 is 0 Å². The second kappa shape index (κ2) is 9.55. The normalized spacial score (nSPS) is 10.6. The van der Waals surface area contributed by atoms with Gasteiger partial charge >= 0.3 is 5.97 Å². The maximum atomic E-state index is 10.7. The lowest BCUT2D eigenvalue weighted by molar-refractivity contribution is -0.131. The number of hydrogen-bond donors (Lipinski definition) is 1. The molecule has 0 aliphatic rings. The highest BCUT2D eigenvalue weighted by atomic mass is 35.5. The van der Waals surface area contributed by atoms with Crippen LogP contribution in [0.5, 0.6) is 11.5 Å². The smallest absolute Gasteiger partial charge is 0.328 e. The van der Waals surface area contributed by atoms with Gasteiger partial charge in [0.15, 0.2) is 0 Å². The van der Waals surface area contributed by atoms with Gasteiger partial charge in [-0.1, -0.05) is 35.9 Å². The van der Waals surface area contributed by atoms with E-state index in [0.717, 1.165) is 23.8 Å². The Hall–Kier alpha value is -2.72. The van der Waals surface area contributed by atoms with Crippen molar-refractivity contribution in [2.24, 2.45) is 0 Å². The third kappa shape index (κ3) is 6.01. The molecule has 2 rings (SSSR count). The Balaban J connectivity index is 1.96. The molecule has 2 aromatic rings. The molecule has 0 aliphatic heterocycles. The number of benzene rings is 2. The number of rotatable bonds is 9. The molecule has 0 heterocycles. The van der Waals surface area contributed by atoms with E-state index in [1.165, 1.54) is 6.08 Å². The number of para-hydroxylation sites is 1. The van der Waals surface area contributed by atoms with E-state index in [2.05, 4.69) is 6.58 Å². The van der Waals surface area contributed by atoms with Crippen molar-refractivity contribution < 1.29 is 19.4 Å². The van der Waals surface area contributed by atoms with Crippen LogP contribution < -0.4 is 9.47 Å². The van der Waals surface area contributed by atoms with Gasteiger partial charge in [0.05, 0.1) is 0 Å². The zero-order chi connectivity index (χ0) is 18.1. The van der Waals surface area contributed by atoms with E-state index in [9.17, 15) is 4.79 Å². The van der Waals surface area contributed by atoms with Crippen molar-refractivity contribution in [1.29, 1.82) is 0 Å². The number of allylic oxidation sites excluding steroid dienone is 1. The zero-order valence-electron chi connectivity index (χ0n) is 13.7. The highest BCUT2D eigenvalue weighted by Gasteiger charge is 2.05. The molecule has 0 fully saturated rings. The van der Waals surface area contributed by atoms with Gasteiger partial charge in [-0.05, 0) is 42.3 Å². The van der Waals surface area contributed by atoms with Crippen molar-refractivity contribution in [3.8, 4) is 11.5 Å². The summed E-state index contributed by atoms with van der Waals surface area (Å²) in [4.78, 5) is 10.7. The number of hydrogen-bond acceptors (Lipinski definition) is 3. The summed E-state index contributed by atoms with van der Waals surface area (Å²) >= 11 is 5.95. The van der Waals surface area contributed by atoms with Crippen LogP contribution in [0.1, 0.15) is 11.1 Å². The number of halogens is 1. The number of carboxylic acids is 1. The highest BCUT2D eigenvalue weighted by molar-refractivity contribution is 6.30. The summed E-state index contributed by atoms with van der Waals surface area (Å²) in [6.07, 6.45) is 5.05. The third-order valence-corrected chi connectivity index (χ3v) is 3.55. The molecule has 5 heteroatoms. The minimum absolute atomic E-state index is 0.317. The summed E-state index contributed by atoms with van der Waals surface area (Å²) in [6, 6.07) is 12.8. The molecule has 0 saturated heterocycles. The van der Waals surface area contributed by atoms with E-state index < -0.39 is 5.97 Å². The second-order valence-electron chi connectivity index (χ2n) is 5.15. The van der Waals surface area contributed by atoms with Crippen LogP contribution in [0, 0.1) is 0 Å². The summed E-state index contributed by atoms with van der Waals surface area (Å²) in [5, 5.41) is 9.26. The average molecular weight is 359 g/mol. The van der Waals surface area contributed by atoms with E-state index in [1.54, 1.807) is 18.2 Å². The van der Waals surface area contributed by atoms with Gasteiger partial charge in [-0.25, -0.2) is 4.79 Å². The van der Waals surface area contributed by atoms with Crippen molar-refractivity contribution >= 4 is 23.6 Å². The first-order valence-corrected chi connectivity index (χ1v) is 8.13. The van der Waals surface area contributed by atoms with Crippen molar-refractivity contribution in [1.82, 2.24) is 0 Å². The standard InChI is InChI=1S/C20H19ClO4/c1-2-5-15-6-3-4-7-18(15)24-12-13-25-19-10-9-17(21)14-16(19)8-11-20(22)23/h2-4,6-11,14H,1,5,12-13H2,(H,22,23). The van der Waals surface area contributed by atoms with Crippen LogP contribution in [0.25, 0.3) is 6.08 Å².